The topological polar surface area (TPSA) is 98.1 Å². The van der Waals surface area contributed by atoms with Crippen LogP contribution >= 0.6 is 15.9 Å². The van der Waals surface area contributed by atoms with Crippen molar-refractivity contribution in [2.75, 3.05) is 7.11 Å². The molecule has 0 radical (unpaired) electrons. The lowest BCUT2D eigenvalue weighted by molar-refractivity contribution is -0.119. The Balaban J connectivity index is 1.82. The second kappa shape index (κ2) is 10.5. The van der Waals surface area contributed by atoms with Crippen LogP contribution in [0.1, 0.15) is 47.1 Å². The standard InChI is InChI=1S/C23H26BrN5O3/c1-14-5-10-20(21(11-14)29-13-19(27-28-29)12-25-16(3)30)23(31)26-15(2)22(32-4)17-6-8-18(24)9-7-17/h5-11,13,15,22H,12H2,1-4H3,(H,25,30)(H,26,31). The number of ether oxygens (including phenoxy) is 1. The highest BCUT2D eigenvalue weighted by molar-refractivity contribution is 9.10. The average Bonchev–Trinajstić information content (AvgIpc) is 3.23. The summed E-state index contributed by atoms with van der Waals surface area (Å²) in [5, 5.41) is 14.0. The average molecular weight is 500 g/mol. The van der Waals surface area contributed by atoms with Gasteiger partial charge in [-0.15, -0.1) is 5.10 Å². The molecule has 2 atom stereocenters. The van der Waals surface area contributed by atoms with E-state index >= 15 is 0 Å². The smallest absolute Gasteiger partial charge is 0.253 e. The summed E-state index contributed by atoms with van der Waals surface area (Å²) in [5.41, 5.74) is 3.61. The minimum atomic E-state index is -0.309. The van der Waals surface area contributed by atoms with Gasteiger partial charge < -0.3 is 15.4 Å². The van der Waals surface area contributed by atoms with Crippen LogP contribution in [0, 0.1) is 6.92 Å². The predicted octanol–water partition coefficient (Wildman–Crippen LogP) is 3.48. The van der Waals surface area contributed by atoms with E-state index in [-0.39, 0.29) is 30.5 Å². The van der Waals surface area contributed by atoms with Crippen molar-refractivity contribution in [1.29, 1.82) is 0 Å². The van der Waals surface area contributed by atoms with Crippen molar-refractivity contribution in [3.05, 3.63) is 75.5 Å². The molecule has 0 fully saturated rings. The van der Waals surface area contributed by atoms with Gasteiger partial charge in [0.15, 0.2) is 0 Å². The van der Waals surface area contributed by atoms with Crippen LogP contribution < -0.4 is 10.6 Å². The maximum absolute atomic E-state index is 13.2. The van der Waals surface area contributed by atoms with Gasteiger partial charge in [0.2, 0.25) is 5.91 Å². The fourth-order valence-electron chi connectivity index (χ4n) is 3.38. The molecule has 0 bridgehead atoms. The molecule has 0 saturated heterocycles. The maximum atomic E-state index is 13.2. The van der Waals surface area contributed by atoms with Crippen LogP contribution in [0.4, 0.5) is 0 Å². The maximum Gasteiger partial charge on any atom is 0.253 e. The Morgan fingerprint density at radius 3 is 2.56 bits per heavy atom. The number of aromatic nitrogens is 3. The van der Waals surface area contributed by atoms with Crippen LogP contribution in [0.5, 0.6) is 0 Å². The van der Waals surface area contributed by atoms with Crippen molar-refractivity contribution < 1.29 is 14.3 Å². The highest BCUT2D eigenvalue weighted by atomic mass is 79.9. The normalized spacial score (nSPS) is 12.8. The summed E-state index contributed by atoms with van der Waals surface area (Å²) in [4.78, 5) is 24.3. The third-order valence-corrected chi connectivity index (χ3v) is 5.50. The quantitative estimate of drug-likeness (QED) is 0.494. The van der Waals surface area contributed by atoms with Gasteiger partial charge in [-0.05, 0) is 49.2 Å². The number of carbonyl (C=O) groups excluding carboxylic acids is 2. The molecule has 0 spiro atoms. The Bertz CT molecular complexity index is 1100. The zero-order valence-electron chi connectivity index (χ0n) is 18.4. The summed E-state index contributed by atoms with van der Waals surface area (Å²) < 4.78 is 8.19. The number of aryl methyl sites for hydroxylation is 1. The number of halogens is 1. The van der Waals surface area contributed by atoms with E-state index in [0.717, 1.165) is 15.6 Å². The van der Waals surface area contributed by atoms with E-state index in [0.29, 0.717) is 16.9 Å². The summed E-state index contributed by atoms with van der Waals surface area (Å²) >= 11 is 3.43. The van der Waals surface area contributed by atoms with Crippen LogP contribution in [0.15, 0.2) is 53.1 Å². The number of carbonyl (C=O) groups is 2. The SMILES string of the molecule is COC(c1ccc(Br)cc1)C(C)NC(=O)c1ccc(C)cc1-n1cc(CNC(C)=O)nn1. The first-order valence-electron chi connectivity index (χ1n) is 10.1. The van der Waals surface area contributed by atoms with Gasteiger partial charge in [-0.2, -0.15) is 0 Å². The minimum absolute atomic E-state index is 0.150. The van der Waals surface area contributed by atoms with Crippen LogP contribution in [-0.4, -0.2) is 40.0 Å². The number of hydrogen-bond donors (Lipinski definition) is 2. The van der Waals surface area contributed by atoms with Gasteiger partial charge >= 0.3 is 0 Å². The number of rotatable bonds is 8. The fourth-order valence-corrected chi connectivity index (χ4v) is 3.64. The van der Waals surface area contributed by atoms with Gasteiger partial charge in [0.1, 0.15) is 11.8 Å². The monoisotopic (exact) mass is 499 g/mol. The van der Waals surface area contributed by atoms with E-state index in [9.17, 15) is 9.59 Å². The number of methoxy groups -OCH3 is 1. The number of nitrogens with zero attached hydrogens (tertiary/aromatic N) is 3. The first kappa shape index (κ1) is 23.6. The van der Waals surface area contributed by atoms with Gasteiger partial charge in [-0.25, -0.2) is 4.68 Å². The van der Waals surface area contributed by atoms with E-state index in [1.807, 2.05) is 50.2 Å². The Morgan fingerprint density at radius 2 is 1.91 bits per heavy atom. The van der Waals surface area contributed by atoms with Gasteiger partial charge in [0, 0.05) is 18.5 Å². The van der Waals surface area contributed by atoms with E-state index in [2.05, 4.69) is 36.9 Å². The van der Waals surface area contributed by atoms with Crippen LogP contribution in [0.25, 0.3) is 5.69 Å². The van der Waals surface area contributed by atoms with Crippen LogP contribution in [0.2, 0.25) is 0 Å². The molecule has 168 valence electrons. The molecule has 2 aromatic carbocycles. The molecular formula is C23H26BrN5O3. The summed E-state index contributed by atoms with van der Waals surface area (Å²) in [7, 11) is 1.62. The second-order valence-electron chi connectivity index (χ2n) is 7.55. The summed E-state index contributed by atoms with van der Waals surface area (Å²) in [6, 6.07) is 13.0. The lowest BCUT2D eigenvalue weighted by Crippen LogP contribution is -2.38. The Hall–Kier alpha value is -3.04. The van der Waals surface area contributed by atoms with Crippen molar-refractivity contribution in [1.82, 2.24) is 25.6 Å². The first-order valence-corrected chi connectivity index (χ1v) is 10.9. The molecular weight excluding hydrogens is 474 g/mol. The number of amides is 2. The predicted molar refractivity (Wildman–Crippen MR) is 124 cm³/mol. The van der Waals surface area contributed by atoms with E-state index in [1.165, 1.54) is 6.92 Å². The molecule has 0 saturated carbocycles. The molecule has 1 aromatic heterocycles. The fraction of sp³-hybridized carbons (Fsp3) is 0.304. The first-order chi connectivity index (χ1) is 15.3. The van der Waals surface area contributed by atoms with Gasteiger partial charge in [0.25, 0.3) is 5.91 Å². The Labute approximate surface area is 195 Å². The zero-order valence-corrected chi connectivity index (χ0v) is 20.0. The van der Waals surface area contributed by atoms with Crippen LogP contribution in [0.3, 0.4) is 0 Å². The van der Waals surface area contributed by atoms with Crippen LogP contribution in [-0.2, 0) is 16.1 Å². The number of benzene rings is 2. The molecule has 2 amide bonds. The highest BCUT2D eigenvalue weighted by Gasteiger charge is 2.23. The third kappa shape index (κ3) is 5.80. The molecule has 2 N–H and O–H groups in total. The molecule has 0 aliphatic carbocycles. The Morgan fingerprint density at radius 1 is 1.19 bits per heavy atom. The van der Waals surface area contributed by atoms with Gasteiger partial charge in [-0.1, -0.05) is 39.3 Å². The third-order valence-electron chi connectivity index (χ3n) is 4.97. The number of nitrogens with one attached hydrogen (secondary N) is 2. The summed E-state index contributed by atoms with van der Waals surface area (Å²) in [6.07, 6.45) is 1.39. The molecule has 1 heterocycles. The molecule has 8 nitrogen and oxygen atoms in total. The van der Waals surface area contributed by atoms with Crippen molar-refractivity contribution >= 4 is 27.7 Å². The molecule has 3 aromatic rings. The van der Waals surface area contributed by atoms with Crippen molar-refractivity contribution in [3.63, 3.8) is 0 Å². The van der Waals surface area contributed by atoms with Crippen molar-refractivity contribution in [3.8, 4) is 5.69 Å². The van der Waals surface area contributed by atoms with Gasteiger partial charge in [0.05, 0.1) is 30.0 Å². The molecule has 0 aliphatic heterocycles. The summed E-state index contributed by atoms with van der Waals surface area (Å²) in [6.45, 7) is 5.55. The largest absolute Gasteiger partial charge is 0.375 e. The lowest BCUT2D eigenvalue weighted by atomic mass is 10.0. The van der Waals surface area contributed by atoms with E-state index in [1.54, 1.807) is 24.1 Å². The van der Waals surface area contributed by atoms with Crippen molar-refractivity contribution in [2.45, 2.75) is 39.5 Å². The second-order valence-corrected chi connectivity index (χ2v) is 8.47. The Kier molecular flexibility index (Phi) is 7.76. The zero-order chi connectivity index (χ0) is 23.3. The van der Waals surface area contributed by atoms with E-state index < -0.39 is 0 Å². The summed E-state index contributed by atoms with van der Waals surface area (Å²) in [5.74, 6) is -0.395. The molecule has 32 heavy (non-hydrogen) atoms. The molecule has 3 rings (SSSR count). The molecule has 2 unspecified atom stereocenters. The van der Waals surface area contributed by atoms with Crippen molar-refractivity contribution in [2.24, 2.45) is 0 Å². The minimum Gasteiger partial charge on any atom is -0.375 e. The van der Waals surface area contributed by atoms with E-state index in [4.69, 9.17) is 4.74 Å². The lowest BCUT2D eigenvalue weighted by Gasteiger charge is -2.24. The van der Waals surface area contributed by atoms with Gasteiger partial charge in [-0.3, -0.25) is 9.59 Å². The number of hydrogen-bond acceptors (Lipinski definition) is 5. The molecule has 0 aliphatic rings. The highest BCUT2D eigenvalue weighted by Crippen LogP contribution is 2.24. The molecule has 9 heteroatoms.